The van der Waals surface area contributed by atoms with E-state index in [1.54, 1.807) is 0 Å². The van der Waals surface area contributed by atoms with Crippen LogP contribution in [0.15, 0.2) is 18.2 Å². The molecule has 1 heterocycles. The van der Waals surface area contributed by atoms with Gasteiger partial charge < -0.3 is 10.1 Å². The van der Waals surface area contributed by atoms with E-state index >= 15 is 0 Å². The molecule has 0 bridgehead atoms. The Morgan fingerprint density at radius 3 is 2.93 bits per heavy atom. The molecule has 2 heteroatoms. The highest BCUT2D eigenvalue weighted by Crippen LogP contribution is 2.35. The monoisotopic (exact) mass is 205 g/mol. The number of hydrogen-bond donors (Lipinski definition) is 1. The van der Waals surface area contributed by atoms with Gasteiger partial charge in [-0.25, -0.2) is 0 Å². The molecule has 82 valence electrons. The van der Waals surface area contributed by atoms with Crippen molar-refractivity contribution in [2.24, 2.45) is 0 Å². The van der Waals surface area contributed by atoms with Gasteiger partial charge in [-0.15, -0.1) is 0 Å². The minimum Gasteiger partial charge on any atom is -0.491 e. The van der Waals surface area contributed by atoms with Crippen LogP contribution in [0.25, 0.3) is 0 Å². The van der Waals surface area contributed by atoms with E-state index in [-0.39, 0.29) is 0 Å². The zero-order valence-electron chi connectivity index (χ0n) is 9.71. The summed E-state index contributed by atoms with van der Waals surface area (Å²) < 4.78 is 5.77. The van der Waals surface area contributed by atoms with Crippen LogP contribution in [0.5, 0.6) is 5.75 Å². The first kappa shape index (κ1) is 10.5. The summed E-state index contributed by atoms with van der Waals surface area (Å²) in [5.74, 6) is 1.11. The highest BCUT2D eigenvalue weighted by Gasteiger charge is 2.25. The van der Waals surface area contributed by atoms with Crippen LogP contribution < -0.4 is 10.1 Å². The fraction of sp³-hybridized carbons (Fsp3) is 0.538. The molecule has 1 unspecified atom stereocenters. The molecular weight excluding hydrogens is 186 g/mol. The van der Waals surface area contributed by atoms with Crippen LogP contribution >= 0.6 is 0 Å². The van der Waals surface area contributed by atoms with Gasteiger partial charge in [0.15, 0.2) is 0 Å². The Labute approximate surface area is 91.6 Å². The number of ether oxygens (including phenoxy) is 1. The zero-order chi connectivity index (χ0) is 10.8. The summed E-state index contributed by atoms with van der Waals surface area (Å²) >= 11 is 0. The van der Waals surface area contributed by atoms with Crippen molar-refractivity contribution in [1.29, 1.82) is 0 Å². The van der Waals surface area contributed by atoms with E-state index in [0.717, 1.165) is 18.8 Å². The molecule has 1 aromatic carbocycles. The SMILES string of the molecule is CCc1cccc2c1OCC2NC(C)C. The van der Waals surface area contributed by atoms with Gasteiger partial charge in [-0.05, 0) is 12.0 Å². The zero-order valence-corrected chi connectivity index (χ0v) is 9.71. The molecule has 2 rings (SSSR count). The minimum absolute atomic E-state index is 0.367. The number of aryl methyl sites for hydroxylation is 1. The van der Waals surface area contributed by atoms with Gasteiger partial charge in [0.1, 0.15) is 12.4 Å². The lowest BCUT2D eigenvalue weighted by Crippen LogP contribution is -2.28. The number of benzene rings is 1. The van der Waals surface area contributed by atoms with Gasteiger partial charge in [0.05, 0.1) is 6.04 Å². The molecular formula is C13H19NO. The molecule has 0 spiro atoms. The second kappa shape index (κ2) is 4.23. The summed E-state index contributed by atoms with van der Waals surface area (Å²) in [6.07, 6.45) is 1.04. The summed E-state index contributed by atoms with van der Waals surface area (Å²) in [5, 5.41) is 3.52. The van der Waals surface area contributed by atoms with Gasteiger partial charge in [-0.1, -0.05) is 39.0 Å². The molecule has 1 aromatic rings. The maximum Gasteiger partial charge on any atom is 0.127 e. The fourth-order valence-electron chi connectivity index (χ4n) is 2.13. The maximum absolute atomic E-state index is 5.77. The lowest BCUT2D eigenvalue weighted by molar-refractivity contribution is 0.301. The largest absolute Gasteiger partial charge is 0.491 e. The topological polar surface area (TPSA) is 21.3 Å². The Morgan fingerprint density at radius 2 is 2.27 bits per heavy atom. The van der Waals surface area contributed by atoms with Crippen molar-refractivity contribution >= 4 is 0 Å². The molecule has 1 aliphatic heterocycles. The number of nitrogens with one attached hydrogen (secondary N) is 1. The molecule has 1 N–H and O–H groups in total. The molecule has 0 saturated heterocycles. The predicted molar refractivity (Wildman–Crippen MR) is 62.3 cm³/mol. The Kier molecular flexibility index (Phi) is 2.96. The van der Waals surface area contributed by atoms with Crippen molar-refractivity contribution in [3.8, 4) is 5.75 Å². The number of para-hydroxylation sites is 1. The fourth-order valence-corrected chi connectivity index (χ4v) is 2.13. The molecule has 15 heavy (non-hydrogen) atoms. The van der Waals surface area contributed by atoms with Crippen LogP contribution in [0.3, 0.4) is 0 Å². The average Bonchev–Trinajstić information content (AvgIpc) is 2.61. The van der Waals surface area contributed by atoms with Gasteiger partial charge in [-0.3, -0.25) is 0 Å². The Morgan fingerprint density at radius 1 is 1.47 bits per heavy atom. The van der Waals surface area contributed by atoms with Crippen LogP contribution in [-0.2, 0) is 6.42 Å². The van der Waals surface area contributed by atoms with Gasteiger partial charge in [0.2, 0.25) is 0 Å². The van der Waals surface area contributed by atoms with Gasteiger partial charge in [0.25, 0.3) is 0 Å². The first-order valence-corrected chi connectivity index (χ1v) is 5.73. The highest BCUT2D eigenvalue weighted by atomic mass is 16.5. The van der Waals surface area contributed by atoms with E-state index in [2.05, 4.69) is 44.3 Å². The van der Waals surface area contributed by atoms with Crippen molar-refractivity contribution in [2.75, 3.05) is 6.61 Å². The van der Waals surface area contributed by atoms with Gasteiger partial charge >= 0.3 is 0 Å². The van der Waals surface area contributed by atoms with Crippen molar-refractivity contribution in [1.82, 2.24) is 5.32 Å². The summed E-state index contributed by atoms with van der Waals surface area (Å²) in [6.45, 7) is 7.27. The van der Waals surface area contributed by atoms with Crippen molar-refractivity contribution in [2.45, 2.75) is 39.3 Å². The second-order valence-corrected chi connectivity index (χ2v) is 4.37. The summed E-state index contributed by atoms with van der Waals surface area (Å²) in [6, 6.07) is 7.31. The lowest BCUT2D eigenvalue weighted by Gasteiger charge is -2.14. The molecule has 1 aliphatic rings. The third-order valence-electron chi connectivity index (χ3n) is 2.81. The molecule has 0 amide bonds. The van der Waals surface area contributed by atoms with Crippen LogP contribution in [0.2, 0.25) is 0 Å². The van der Waals surface area contributed by atoms with E-state index < -0.39 is 0 Å². The maximum atomic E-state index is 5.77. The van der Waals surface area contributed by atoms with Crippen LogP contribution in [-0.4, -0.2) is 12.6 Å². The van der Waals surface area contributed by atoms with E-state index in [0.29, 0.717) is 12.1 Å². The normalized spacial score (nSPS) is 19.1. The van der Waals surface area contributed by atoms with E-state index in [1.165, 1.54) is 11.1 Å². The van der Waals surface area contributed by atoms with E-state index in [1.807, 2.05) is 0 Å². The standard InChI is InChI=1S/C13H19NO/c1-4-10-6-5-7-11-12(14-9(2)3)8-15-13(10)11/h5-7,9,12,14H,4,8H2,1-3H3. The van der Waals surface area contributed by atoms with Gasteiger partial charge in [-0.2, -0.15) is 0 Å². The Hall–Kier alpha value is -1.02. The smallest absolute Gasteiger partial charge is 0.127 e. The summed E-state index contributed by atoms with van der Waals surface area (Å²) in [5.41, 5.74) is 2.64. The van der Waals surface area contributed by atoms with Crippen molar-refractivity contribution < 1.29 is 4.74 Å². The third kappa shape index (κ3) is 2.00. The molecule has 1 atom stereocenters. The average molecular weight is 205 g/mol. The lowest BCUT2D eigenvalue weighted by atomic mass is 10.0. The Balaban J connectivity index is 2.27. The highest BCUT2D eigenvalue weighted by molar-refractivity contribution is 5.46. The quantitative estimate of drug-likeness (QED) is 0.819. The summed E-state index contributed by atoms with van der Waals surface area (Å²) in [7, 11) is 0. The van der Waals surface area contributed by atoms with Crippen LogP contribution in [0, 0.1) is 0 Å². The molecule has 0 saturated carbocycles. The predicted octanol–water partition coefficient (Wildman–Crippen LogP) is 2.68. The van der Waals surface area contributed by atoms with Crippen LogP contribution in [0.1, 0.15) is 37.9 Å². The summed E-state index contributed by atoms with van der Waals surface area (Å²) in [4.78, 5) is 0. The van der Waals surface area contributed by atoms with E-state index in [9.17, 15) is 0 Å². The van der Waals surface area contributed by atoms with Crippen LogP contribution in [0.4, 0.5) is 0 Å². The number of rotatable bonds is 3. The molecule has 0 aromatic heterocycles. The van der Waals surface area contributed by atoms with E-state index in [4.69, 9.17) is 4.74 Å². The first-order chi connectivity index (χ1) is 7.22. The molecule has 0 fully saturated rings. The Bertz CT molecular complexity index is 346. The molecule has 2 nitrogen and oxygen atoms in total. The number of fused-ring (bicyclic) bond motifs is 1. The van der Waals surface area contributed by atoms with Crippen molar-refractivity contribution in [3.63, 3.8) is 0 Å². The van der Waals surface area contributed by atoms with Crippen molar-refractivity contribution in [3.05, 3.63) is 29.3 Å². The first-order valence-electron chi connectivity index (χ1n) is 5.73. The van der Waals surface area contributed by atoms with Gasteiger partial charge in [0, 0.05) is 11.6 Å². The minimum atomic E-state index is 0.367. The second-order valence-electron chi connectivity index (χ2n) is 4.37. The third-order valence-corrected chi connectivity index (χ3v) is 2.81. The number of hydrogen-bond acceptors (Lipinski definition) is 2. The molecule has 0 radical (unpaired) electrons. The molecule has 0 aliphatic carbocycles.